The topological polar surface area (TPSA) is 63.3 Å². The summed E-state index contributed by atoms with van der Waals surface area (Å²) < 4.78 is 0. The Hall–Kier alpha value is -1.35. The van der Waals surface area contributed by atoms with Crippen molar-refractivity contribution in [3.63, 3.8) is 0 Å². The zero-order valence-electron chi connectivity index (χ0n) is 12.4. The highest BCUT2D eigenvalue weighted by Gasteiger charge is 2.11. The number of carboxylic acid groups (broad SMARTS) is 1. The summed E-state index contributed by atoms with van der Waals surface area (Å²) in [6.45, 7) is 13.5. The Kier molecular flexibility index (Phi) is 21.9. The quantitative estimate of drug-likeness (QED) is 0.558. The molecule has 0 rings (SSSR count). The molecule has 0 fully saturated rings. The molecule has 0 radical (unpaired) electrons. The Morgan fingerprint density at radius 1 is 1.33 bits per heavy atom. The van der Waals surface area contributed by atoms with E-state index >= 15 is 0 Å². The van der Waals surface area contributed by atoms with Crippen LogP contribution in [0.25, 0.3) is 0 Å². The first kappa shape index (κ1) is 21.9. The van der Waals surface area contributed by atoms with Crippen molar-refractivity contribution in [3.8, 4) is 0 Å². The molecule has 0 saturated carbocycles. The molecule has 1 unspecified atom stereocenters. The summed E-state index contributed by atoms with van der Waals surface area (Å²) in [7, 11) is 0. The Bertz CT molecular complexity index is 255. The highest BCUT2D eigenvalue weighted by Crippen LogP contribution is 2.08. The number of hydrogen-bond acceptors (Lipinski definition) is 2. The Balaban J connectivity index is -0.000000506. The normalized spacial score (nSPS) is 11.8. The van der Waals surface area contributed by atoms with Crippen LogP contribution in [-0.2, 0) is 4.79 Å². The second-order valence-electron chi connectivity index (χ2n) is 2.95. The van der Waals surface area contributed by atoms with Crippen molar-refractivity contribution in [2.75, 3.05) is 0 Å². The van der Waals surface area contributed by atoms with Gasteiger partial charge in [0.1, 0.15) is 6.04 Å². The lowest BCUT2D eigenvalue weighted by Gasteiger charge is -2.06. The van der Waals surface area contributed by atoms with Crippen LogP contribution in [0.1, 0.15) is 47.5 Å². The van der Waals surface area contributed by atoms with Gasteiger partial charge in [0.15, 0.2) is 0 Å². The van der Waals surface area contributed by atoms with Gasteiger partial charge in [0.05, 0.1) is 0 Å². The van der Waals surface area contributed by atoms with Crippen LogP contribution in [0.5, 0.6) is 0 Å². The van der Waals surface area contributed by atoms with Gasteiger partial charge in [0.2, 0.25) is 0 Å². The lowest BCUT2D eigenvalue weighted by atomic mass is 10.1. The van der Waals surface area contributed by atoms with Gasteiger partial charge in [-0.3, -0.25) is 4.79 Å². The summed E-state index contributed by atoms with van der Waals surface area (Å²) >= 11 is 0. The summed E-state index contributed by atoms with van der Waals surface area (Å²) in [5.74, 6) is -0.973. The van der Waals surface area contributed by atoms with E-state index in [4.69, 9.17) is 10.8 Å². The van der Waals surface area contributed by atoms with Gasteiger partial charge in [0, 0.05) is 0 Å². The maximum absolute atomic E-state index is 10.5. The first-order valence-electron chi connectivity index (χ1n) is 6.52. The van der Waals surface area contributed by atoms with E-state index in [2.05, 4.69) is 6.58 Å². The van der Waals surface area contributed by atoms with Gasteiger partial charge in [-0.1, -0.05) is 52.0 Å². The van der Waals surface area contributed by atoms with E-state index in [0.717, 1.165) is 12.0 Å². The Morgan fingerprint density at radius 3 is 2.17 bits per heavy atom. The highest BCUT2D eigenvalue weighted by molar-refractivity contribution is 5.73. The number of hydrogen-bond donors (Lipinski definition) is 2. The number of aliphatic carboxylic acids is 1. The highest BCUT2D eigenvalue weighted by atomic mass is 16.4. The molecular weight excluding hydrogens is 226 g/mol. The molecule has 18 heavy (non-hydrogen) atoms. The van der Waals surface area contributed by atoms with E-state index in [9.17, 15) is 4.79 Å². The number of allylic oxidation sites excluding steroid dienone is 4. The third kappa shape index (κ3) is 14.6. The molecular formula is C15H29NO2. The summed E-state index contributed by atoms with van der Waals surface area (Å²) in [5.41, 5.74) is 6.35. The minimum Gasteiger partial charge on any atom is -0.480 e. The molecule has 0 amide bonds. The first-order valence-corrected chi connectivity index (χ1v) is 6.52. The van der Waals surface area contributed by atoms with E-state index < -0.39 is 12.0 Å². The summed E-state index contributed by atoms with van der Waals surface area (Å²) in [5, 5.41) is 8.63. The van der Waals surface area contributed by atoms with Crippen molar-refractivity contribution in [2.45, 2.75) is 53.5 Å². The van der Waals surface area contributed by atoms with Gasteiger partial charge < -0.3 is 10.8 Å². The predicted molar refractivity (Wildman–Crippen MR) is 80.6 cm³/mol. The molecule has 0 aliphatic rings. The lowest BCUT2D eigenvalue weighted by Crippen LogP contribution is -2.30. The van der Waals surface area contributed by atoms with Crippen LogP contribution in [0.2, 0.25) is 0 Å². The van der Waals surface area contributed by atoms with Crippen molar-refractivity contribution in [2.24, 2.45) is 5.73 Å². The van der Waals surface area contributed by atoms with Crippen LogP contribution < -0.4 is 5.73 Å². The van der Waals surface area contributed by atoms with Gasteiger partial charge in [-0.25, -0.2) is 0 Å². The van der Waals surface area contributed by atoms with E-state index in [-0.39, 0.29) is 0 Å². The van der Waals surface area contributed by atoms with E-state index in [0.29, 0.717) is 6.42 Å². The molecule has 3 heteroatoms. The molecule has 0 aromatic heterocycles. The SMILES string of the molecule is C=CC/C=C(\C=C/C)CC(N)C(=O)O.CC.CC. The lowest BCUT2D eigenvalue weighted by molar-refractivity contribution is -0.138. The summed E-state index contributed by atoms with van der Waals surface area (Å²) in [4.78, 5) is 10.5. The summed E-state index contributed by atoms with van der Waals surface area (Å²) in [6, 6.07) is -0.831. The van der Waals surface area contributed by atoms with Crippen LogP contribution in [0.15, 0.2) is 36.5 Å². The molecule has 0 aromatic carbocycles. The first-order chi connectivity index (χ1) is 8.61. The molecule has 0 aliphatic carbocycles. The third-order valence-corrected chi connectivity index (χ3v) is 1.70. The molecule has 1 atom stereocenters. The minimum absolute atomic E-state index is 0.355. The largest absolute Gasteiger partial charge is 0.480 e. The van der Waals surface area contributed by atoms with E-state index in [1.807, 2.05) is 52.8 Å². The van der Waals surface area contributed by atoms with Crippen molar-refractivity contribution in [3.05, 3.63) is 36.5 Å². The molecule has 0 heterocycles. The zero-order valence-corrected chi connectivity index (χ0v) is 12.4. The number of nitrogens with two attached hydrogens (primary N) is 1. The van der Waals surface area contributed by atoms with Crippen LogP contribution in [0.3, 0.4) is 0 Å². The standard InChI is InChI=1S/C11H17NO2.2C2H6/c1-3-5-7-9(6-4-2)8-10(12)11(13)14;2*1-2/h3-4,6-7,10H,1,5,8,12H2,2H3,(H,13,14);2*1-2H3/b6-4-,9-7+;;. The molecule has 3 N–H and O–H groups in total. The van der Waals surface area contributed by atoms with Crippen molar-refractivity contribution < 1.29 is 9.90 Å². The van der Waals surface area contributed by atoms with Gasteiger partial charge in [-0.2, -0.15) is 0 Å². The van der Waals surface area contributed by atoms with Gasteiger partial charge in [0.25, 0.3) is 0 Å². The predicted octanol–water partition coefficient (Wildman–Crippen LogP) is 3.92. The van der Waals surface area contributed by atoms with Crippen molar-refractivity contribution in [1.82, 2.24) is 0 Å². The fraction of sp³-hybridized carbons (Fsp3) is 0.533. The van der Waals surface area contributed by atoms with Gasteiger partial charge in [-0.15, -0.1) is 6.58 Å². The van der Waals surface area contributed by atoms with Crippen LogP contribution in [0.4, 0.5) is 0 Å². The minimum atomic E-state index is -0.973. The monoisotopic (exact) mass is 255 g/mol. The fourth-order valence-electron chi connectivity index (χ4n) is 1.01. The van der Waals surface area contributed by atoms with Crippen molar-refractivity contribution in [1.29, 1.82) is 0 Å². The second-order valence-corrected chi connectivity index (χ2v) is 2.95. The molecule has 106 valence electrons. The zero-order chi connectivity index (χ0) is 15.0. The molecule has 0 aromatic rings. The summed E-state index contributed by atoms with van der Waals surface area (Å²) in [6.07, 6.45) is 8.50. The van der Waals surface area contributed by atoms with Crippen molar-refractivity contribution >= 4 is 5.97 Å². The van der Waals surface area contributed by atoms with E-state index in [1.165, 1.54) is 0 Å². The Labute approximate surface area is 112 Å². The third-order valence-electron chi connectivity index (χ3n) is 1.70. The maximum atomic E-state index is 10.5. The van der Waals surface area contributed by atoms with Crippen LogP contribution >= 0.6 is 0 Å². The maximum Gasteiger partial charge on any atom is 0.320 e. The fourth-order valence-corrected chi connectivity index (χ4v) is 1.01. The molecule has 0 spiro atoms. The second kappa shape index (κ2) is 18.0. The molecule has 0 saturated heterocycles. The van der Waals surface area contributed by atoms with Crippen LogP contribution in [0, 0.1) is 0 Å². The number of carbonyl (C=O) groups is 1. The number of rotatable bonds is 6. The smallest absolute Gasteiger partial charge is 0.320 e. The average molecular weight is 255 g/mol. The van der Waals surface area contributed by atoms with Gasteiger partial charge in [-0.05, 0) is 25.3 Å². The van der Waals surface area contributed by atoms with Crippen LogP contribution in [-0.4, -0.2) is 17.1 Å². The average Bonchev–Trinajstić information content (AvgIpc) is 2.40. The van der Waals surface area contributed by atoms with E-state index in [1.54, 1.807) is 6.08 Å². The molecule has 3 nitrogen and oxygen atoms in total. The van der Waals surface area contributed by atoms with Gasteiger partial charge >= 0.3 is 5.97 Å². The number of carboxylic acids is 1. The molecule has 0 aliphatic heterocycles. The Morgan fingerprint density at radius 2 is 1.83 bits per heavy atom. The molecule has 0 bridgehead atoms.